The number of nitrogens with zero attached hydrogens (tertiary/aromatic N) is 1. The van der Waals surface area contributed by atoms with E-state index in [1.807, 2.05) is 31.2 Å². The minimum absolute atomic E-state index is 0.0181. The van der Waals surface area contributed by atoms with Crippen LogP contribution in [-0.2, 0) is 16.6 Å². The van der Waals surface area contributed by atoms with Crippen molar-refractivity contribution in [3.05, 3.63) is 81.9 Å². The molecule has 2 aliphatic heterocycles. The van der Waals surface area contributed by atoms with Crippen LogP contribution in [0.5, 0.6) is 11.5 Å². The molecule has 5 rings (SSSR count). The third-order valence-corrected chi connectivity index (χ3v) is 7.30. The van der Waals surface area contributed by atoms with Crippen molar-refractivity contribution in [1.29, 1.82) is 0 Å². The molecule has 0 fully saturated rings. The van der Waals surface area contributed by atoms with Gasteiger partial charge in [0.25, 0.3) is 0 Å². The van der Waals surface area contributed by atoms with E-state index in [9.17, 15) is 14.7 Å². The number of carbonyl (C=O) groups excluding carboxylic acids is 1. The fraction of sp³-hybridized carbons (Fsp3) is 0.286. The molecule has 0 bridgehead atoms. The molecule has 0 unspecified atom stereocenters. The van der Waals surface area contributed by atoms with Gasteiger partial charge in [-0.3, -0.25) is 9.69 Å². The van der Waals surface area contributed by atoms with Crippen molar-refractivity contribution in [3.63, 3.8) is 0 Å². The first-order valence-electron chi connectivity index (χ1n) is 11.4. The third kappa shape index (κ3) is 3.64. The van der Waals surface area contributed by atoms with Crippen molar-refractivity contribution in [2.45, 2.75) is 44.6 Å². The van der Waals surface area contributed by atoms with Crippen molar-refractivity contribution in [1.82, 2.24) is 0 Å². The molecule has 3 aromatic rings. The quantitative estimate of drug-likeness (QED) is 0.474. The first-order valence-corrected chi connectivity index (χ1v) is 11.8. The zero-order valence-electron chi connectivity index (χ0n) is 20.0. The van der Waals surface area contributed by atoms with Crippen LogP contribution >= 0.6 is 11.6 Å². The lowest BCUT2D eigenvalue weighted by molar-refractivity contribution is -0.120. The molecule has 0 radical (unpaired) electrons. The molecule has 7 heteroatoms. The topological polar surface area (TPSA) is 76.1 Å². The predicted octanol–water partition coefficient (Wildman–Crippen LogP) is 6.13. The number of hydrogen-bond donors (Lipinski definition) is 1. The van der Waals surface area contributed by atoms with Gasteiger partial charge in [-0.2, -0.15) is 0 Å². The maximum absolute atomic E-state index is 14.2. The number of methoxy groups -OCH3 is 1. The molecule has 6 nitrogen and oxygen atoms in total. The van der Waals surface area contributed by atoms with E-state index in [0.29, 0.717) is 16.4 Å². The Hall–Kier alpha value is -3.51. The normalized spacial score (nSPS) is 20.1. The Morgan fingerprint density at radius 1 is 1.09 bits per heavy atom. The van der Waals surface area contributed by atoms with Crippen LogP contribution < -0.4 is 14.4 Å². The van der Waals surface area contributed by atoms with Crippen LogP contribution in [0.3, 0.4) is 0 Å². The van der Waals surface area contributed by atoms with Crippen molar-refractivity contribution < 1.29 is 24.2 Å². The number of amides is 1. The van der Waals surface area contributed by atoms with Gasteiger partial charge in [0.15, 0.2) is 0 Å². The van der Waals surface area contributed by atoms with Gasteiger partial charge in [-0.1, -0.05) is 23.7 Å². The molecule has 35 heavy (non-hydrogen) atoms. The molecule has 3 aromatic carbocycles. The number of rotatable bonds is 4. The Kier molecular flexibility index (Phi) is 5.33. The van der Waals surface area contributed by atoms with Crippen LogP contribution in [0.25, 0.3) is 0 Å². The average Bonchev–Trinajstić information content (AvgIpc) is 3.05. The number of aromatic carboxylic acids is 1. The van der Waals surface area contributed by atoms with Gasteiger partial charge in [0.1, 0.15) is 22.7 Å². The molecule has 0 saturated heterocycles. The van der Waals surface area contributed by atoms with Crippen LogP contribution in [0, 0.1) is 0 Å². The molecule has 1 amide bonds. The van der Waals surface area contributed by atoms with E-state index in [0.717, 1.165) is 35.3 Å². The minimum Gasteiger partial charge on any atom is -0.496 e. The van der Waals surface area contributed by atoms with Crippen LogP contribution in [0.4, 0.5) is 11.4 Å². The molecule has 2 aliphatic rings. The Morgan fingerprint density at radius 2 is 1.86 bits per heavy atom. The van der Waals surface area contributed by atoms with E-state index < -0.39 is 11.4 Å². The van der Waals surface area contributed by atoms with E-state index in [1.54, 1.807) is 29.2 Å². The Bertz CT molecular complexity index is 1380. The molecule has 2 heterocycles. The van der Waals surface area contributed by atoms with Crippen molar-refractivity contribution >= 4 is 34.9 Å². The molecule has 0 aliphatic carbocycles. The molecule has 0 aromatic heterocycles. The zero-order chi connectivity index (χ0) is 25.1. The summed E-state index contributed by atoms with van der Waals surface area (Å²) in [4.78, 5) is 27.6. The van der Waals surface area contributed by atoms with Crippen molar-refractivity contribution in [2.24, 2.45) is 0 Å². The zero-order valence-corrected chi connectivity index (χ0v) is 20.8. The minimum atomic E-state index is -1.13. The lowest BCUT2D eigenvalue weighted by Crippen LogP contribution is -2.37. The van der Waals surface area contributed by atoms with Crippen LogP contribution in [0.15, 0.2) is 54.6 Å². The standard InChI is InChI=1S/C28H26ClNO5/c1-27(2)12-11-16-13-17(5-9-23(16)35-27)28(3)21-14-18(29)6-8-22(21)30(26(28)33)19-7-10-24(34-4)20(15-19)25(31)32/h5-10,13-15H,11-12H2,1-4H3,(H,31,32)/t28-/m0/s1. The summed E-state index contributed by atoms with van der Waals surface area (Å²) in [5, 5.41) is 10.2. The van der Waals surface area contributed by atoms with Gasteiger partial charge in [0.2, 0.25) is 5.91 Å². The second-order valence-electron chi connectivity index (χ2n) is 9.80. The lowest BCUT2D eigenvalue weighted by atomic mass is 9.76. The number of carboxylic acids is 1. The molecule has 1 atom stereocenters. The summed E-state index contributed by atoms with van der Waals surface area (Å²) in [5.74, 6) is -0.256. The molecule has 0 spiro atoms. The number of ether oxygens (including phenoxy) is 2. The fourth-order valence-electron chi connectivity index (χ4n) is 5.06. The highest BCUT2D eigenvalue weighted by molar-refractivity contribution is 6.31. The largest absolute Gasteiger partial charge is 0.496 e. The number of anilines is 2. The van der Waals surface area contributed by atoms with E-state index in [-0.39, 0.29) is 22.8 Å². The number of fused-ring (bicyclic) bond motifs is 2. The monoisotopic (exact) mass is 491 g/mol. The summed E-state index contributed by atoms with van der Waals surface area (Å²) in [6, 6.07) is 16.0. The summed E-state index contributed by atoms with van der Waals surface area (Å²) in [6.45, 7) is 6.03. The highest BCUT2D eigenvalue weighted by atomic mass is 35.5. The maximum atomic E-state index is 14.2. The average molecular weight is 492 g/mol. The molecular weight excluding hydrogens is 466 g/mol. The SMILES string of the molecule is COc1ccc(N2C(=O)[C@@](C)(c3ccc4c(c3)CCC(C)(C)O4)c3cc(Cl)ccc32)cc1C(=O)O. The molecule has 1 N–H and O–H groups in total. The molecule has 180 valence electrons. The van der Waals surface area contributed by atoms with Gasteiger partial charge in [0.05, 0.1) is 23.9 Å². The third-order valence-electron chi connectivity index (χ3n) is 7.06. The van der Waals surface area contributed by atoms with Gasteiger partial charge in [0, 0.05) is 5.02 Å². The van der Waals surface area contributed by atoms with E-state index >= 15 is 0 Å². The number of carboxylic acid groups (broad SMARTS) is 1. The Morgan fingerprint density at radius 3 is 2.57 bits per heavy atom. The summed E-state index contributed by atoms with van der Waals surface area (Å²) in [7, 11) is 1.41. The van der Waals surface area contributed by atoms with E-state index in [1.165, 1.54) is 13.2 Å². The number of hydrogen-bond acceptors (Lipinski definition) is 4. The van der Waals surface area contributed by atoms with Gasteiger partial charge < -0.3 is 14.6 Å². The number of aryl methyl sites for hydroxylation is 1. The molecular formula is C28H26ClNO5. The second-order valence-corrected chi connectivity index (χ2v) is 10.2. The first-order chi connectivity index (χ1) is 16.5. The number of halogens is 1. The summed E-state index contributed by atoms with van der Waals surface area (Å²) < 4.78 is 11.3. The van der Waals surface area contributed by atoms with E-state index in [4.69, 9.17) is 21.1 Å². The van der Waals surface area contributed by atoms with Crippen LogP contribution in [0.2, 0.25) is 5.02 Å². The fourth-order valence-corrected chi connectivity index (χ4v) is 5.23. The lowest BCUT2D eigenvalue weighted by Gasteiger charge is -2.34. The summed E-state index contributed by atoms with van der Waals surface area (Å²) >= 11 is 6.39. The number of benzene rings is 3. The van der Waals surface area contributed by atoms with Gasteiger partial charge in [-0.05, 0) is 92.8 Å². The maximum Gasteiger partial charge on any atom is 0.339 e. The number of carbonyl (C=O) groups is 2. The van der Waals surface area contributed by atoms with Gasteiger partial charge >= 0.3 is 5.97 Å². The Balaban J connectivity index is 1.66. The van der Waals surface area contributed by atoms with E-state index in [2.05, 4.69) is 13.8 Å². The first kappa shape index (κ1) is 23.2. The summed E-state index contributed by atoms with van der Waals surface area (Å²) in [6.07, 6.45) is 1.74. The van der Waals surface area contributed by atoms with Gasteiger partial charge in [-0.25, -0.2) is 4.79 Å². The highest BCUT2D eigenvalue weighted by Gasteiger charge is 2.50. The predicted molar refractivity (Wildman–Crippen MR) is 134 cm³/mol. The van der Waals surface area contributed by atoms with Crippen LogP contribution in [-0.4, -0.2) is 29.7 Å². The smallest absolute Gasteiger partial charge is 0.339 e. The second kappa shape index (κ2) is 8.02. The van der Waals surface area contributed by atoms with Crippen molar-refractivity contribution in [2.75, 3.05) is 12.0 Å². The molecule has 0 saturated carbocycles. The van der Waals surface area contributed by atoms with Crippen molar-refractivity contribution in [3.8, 4) is 11.5 Å². The van der Waals surface area contributed by atoms with Gasteiger partial charge in [-0.15, -0.1) is 0 Å². The summed E-state index contributed by atoms with van der Waals surface area (Å²) in [5.41, 5.74) is 2.51. The Labute approximate surface area is 209 Å². The van der Waals surface area contributed by atoms with Crippen LogP contribution in [0.1, 0.15) is 54.2 Å². The highest BCUT2D eigenvalue weighted by Crippen LogP contribution is 2.51.